The molecule has 7 heteroatoms. The van der Waals surface area contributed by atoms with Crippen LogP contribution in [0.1, 0.15) is 24.2 Å². The summed E-state index contributed by atoms with van der Waals surface area (Å²) in [6, 6.07) is 13.2. The highest BCUT2D eigenvalue weighted by molar-refractivity contribution is 5.93. The van der Waals surface area contributed by atoms with E-state index in [2.05, 4.69) is 10.2 Å². The first kappa shape index (κ1) is 20.8. The molecule has 0 aliphatic carbocycles. The Morgan fingerprint density at radius 3 is 2.28 bits per heavy atom. The van der Waals surface area contributed by atoms with Crippen molar-refractivity contribution in [3.8, 4) is 0 Å². The molecule has 2 N–H and O–H groups in total. The molecule has 2 aromatic carbocycles. The molecular formula is C22H27FN3O3+. The van der Waals surface area contributed by atoms with Crippen LogP contribution in [0.15, 0.2) is 48.5 Å². The SMILES string of the molecule is CC(C)OC(=O)c1ccc(NC(=O)C[NH+]2CCN(c3ccc(F)cc3)CC2)cc1. The largest absolute Gasteiger partial charge is 0.459 e. The zero-order chi connectivity index (χ0) is 20.8. The van der Waals surface area contributed by atoms with E-state index in [0.29, 0.717) is 17.8 Å². The maximum absolute atomic E-state index is 13.1. The number of benzene rings is 2. The van der Waals surface area contributed by atoms with Crippen molar-refractivity contribution in [2.45, 2.75) is 20.0 Å². The van der Waals surface area contributed by atoms with Gasteiger partial charge in [-0.2, -0.15) is 0 Å². The monoisotopic (exact) mass is 400 g/mol. The number of carbonyl (C=O) groups is 2. The Hall–Kier alpha value is -2.93. The minimum atomic E-state index is -0.374. The summed E-state index contributed by atoms with van der Waals surface area (Å²) in [5, 5.41) is 2.88. The van der Waals surface area contributed by atoms with E-state index in [1.165, 1.54) is 17.0 Å². The van der Waals surface area contributed by atoms with Crippen molar-refractivity contribution in [1.29, 1.82) is 0 Å². The Balaban J connectivity index is 1.45. The molecule has 6 nitrogen and oxygen atoms in total. The topological polar surface area (TPSA) is 63.1 Å². The Labute approximate surface area is 170 Å². The fourth-order valence-corrected chi connectivity index (χ4v) is 3.31. The summed E-state index contributed by atoms with van der Waals surface area (Å²) in [5.41, 5.74) is 2.12. The third-order valence-electron chi connectivity index (χ3n) is 4.82. The molecule has 1 saturated heterocycles. The van der Waals surface area contributed by atoms with E-state index >= 15 is 0 Å². The molecule has 1 aliphatic rings. The van der Waals surface area contributed by atoms with Gasteiger partial charge in [0.2, 0.25) is 0 Å². The summed E-state index contributed by atoms with van der Waals surface area (Å²) in [4.78, 5) is 27.6. The number of amides is 1. The Morgan fingerprint density at radius 2 is 1.69 bits per heavy atom. The van der Waals surface area contributed by atoms with Crippen LogP contribution < -0.4 is 15.1 Å². The van der Waals surface area contributed by atoms with Crippen molar-refractivity contribution in [3.63, 3.8) is 0 Å². The van der Waals surface area contributed by atoms with Crippen LogP contribution in [0.3, 0.4) is 0 Å². The molecule has 1 amide bonds. The fraction of sp³-hybridized carbons (Fsp3) is 0.364. The van der Waals surface area contributed by atoms with E-state index in [1.807, 2.05) is 0 Å². The van der Waals surface area contributed by atoms with Gasteiger partial charge >= 0.3 is 5.97 Å². The normalized spacial score (nSPS) is 14.7. The lowest BCUT2D eigenvalue weighted by atomic mass is 10.2. The van der Waals surface area contributed by atoms with E-state index < -0.39 is 0 Å². The lowest BCUT2D eigenvalue weighted by Crippen LogP contribution is -3.15. The standard InChI is InChI=1S/C22H26FN3O3/c1-16(2)29-22(28)17-3-7-19(8-4-17)24-21(27)15-25-11-13-26(14-12-25)20-9-5-18(23)6-10-20/h3-10,16H,11-15H2,1-2H3,(H,24,27)/p+1. The van der Waals surface area contributed by atoms with Crippen LogP contribution >= 0.6 is 0 Å². The summed E-state index contributed by atoms with van der Waals surface area (Å²) < 4.78 is 18.2. The number of ether oxygens (including phenoxy) is 1. The van der Waals surface area contributed by atoms with Gasteiger partial charge in [0.05, 0.1) is 37.8 Å². The molecule has 0 aromatic heterocycles. The summed E-state index contributed by atoms with van der Waals surface area (Å²) >= 11 is 0. The quantitative estimate of drug-likeness (QED) is 0.725. The minimum Gasteiger partial charge on any atom is -0.459 e. The number of hydrogen-bond acceptors (Lipinski definition) is 4. The maximum atomic E-state index is 13.1. The lowest BCUT2D eigenvalue weighted by molar-refractivity contribution is -0.892. The minimum absolute atomic E-state index is 0.0623. The maximum Gasteiger partial charge on any atom is 0.338 e. The zero-order valence-corrected chi connectivity index (χ0v) is 16.8. The number of halogens is 1. The van der Waals surface area contributed by atoms with Gasteiger partial charge in [0.25, 0.3) is 5.91 Å². The van der Waals surface area contributed by atoms with Crippen LogP contribution in [-0.2, 0) is 9.53 Å². The van der Waals surface area contributed by atoms with Crippen LogP contribution in [-0.4, -0.2) is 50.7 Å². The number of esters is 1. The molecule has 0 unspecified atom stereocenters. The number of hydrogen-bond donors (Lipinski definition) is 2. The Bertz CT molecular complexity index is 829. The van der Waals surface area contributed by atoms with Gasteiger partial charge in [0.15, 0.2) is 6.54 Å². The summed E-state index contributed by atoms with van der Waals surface area (Å²) in [7, 11) is 0. The van der Waals surface area contributed by atoms with Crippen molar-refractivity contribution < 1.29 is 23.6 Å². The van der Waals surface area contributed by atoms with Gasteiger partial charge in [-0.1, -0.05) is 0 Å². The molecule has 0 spiro atoms. The first-order chi connectivity index (χ1) is 13.9. The zero-order valence-electron chi connectivity index (χ0n) is 16.8. The molecule has 0 atom stereocenters. The predicted molar refractivity (Wildman–Crippen MR) is 110 cm³/mol. The van der Waals surface area contributed by atoms with Gasteiger partial charge in [-0.3, -0.25) is 4.79 Å². The first-order valence-corrected chi connectivity index (χ1v) is 9.85. The van der Waals surface area contributed by atoms with Crippen LogP contribution in [0.5, 0.6) is 0 Å². The second kappa shape index (κ2) is 9.52. The fourth-order valence-electron chi connectivity index (χ4n) is 3.31. The van der Waals surface area contributed by atoms with Gasteiger partial charge in [0, 0.05) is 11.4 Å². The molecule has 154 valence electrons. The number of anilines is 2. The number of quaternary nitrogens is 1. The second-order valence-electron chi connectivity index (χ2n) is 7.47. The summed E-state index contributed by atoms with van der Waals surface area (Å²) in [6.07, 6.45) is -0.173. The van der Waals surface area contributed by atoms with Crippen LogP contribution in [0.4, 0.5) is 15.8 Å². The highest BCUT2D eigenvalue weighted by Gasteiger charge is 2.22. The molecular weight excluding hydrogens is 373 g/mol. The summed E-state index contributed by atoms with van der Waals surface area (Å²) in [5.74, 6) is -0.673. The molecule has 2 aromatic rings. The molecule has 0 radical (unpaired) electrons. The van der Waals surface area contributed by atoms with E-state index in [1.54, 1.807) is 50.2 Å². The Kier molecular flexibility index (Phi) is 6.82. The molecule has 3 rings (SSSR count). The van der Waals surface area contributed by atoms with Gasteiger partial charge in [-0.15, -0.1) is 0 Å². The van der Waals surface area contributed by atoms with E-state index in [9.17, 15) is 14.0 Å². The summed E-state index contributed by atoms with van der Waals surface area (Å²) in [6.45, 7) is 7.30. The second-order valence-corrected chi connectivity index (χ2v) is 7.47. The molecule has 1 heterocycles. The highest BCUT2D eigenvalue weighted by atomic mass is 19.1. The van der Waals surface area contributed by atoms with Gasteiger partial charge in [-0.05, 0) is 62.4 Å². The van der Waals surface area contributed by atoms with Crippen LogP contribution in [0, 0.1) is 5.82 Å². The van der Waals surface area contributed by atoms with Gasteiger partial charge < -0.3 is 19.9 Å². The van der Waals surface area contributed by atoms with Crippen molar-refractivity contribution in [2.75, 3.05) is 42.9 Å². The third kappa shape index (κ3) is 6.02. The number of rotatable bonds is 6. The van der Waals surface area contributed by atoms with Crippen molar-refractivity contribution in [1.82, 2.24) is 0 Å². The average molecular weight is 400 g/mol. The smallest absolute Gasteiger partial charge is 0.338 e. The highest BCUT2D eigenvalue weighted by Crippen LogP contribution is 2.14. The van der Waals surface area contributed by atoms with E-state index in [0.717, 1.165) is 31.9 Å². The van der Waals surface area contributed by atoms with Crippen molar-refractivity contribution in [2.24, 2.45) is 0 Å². The molecule has 29 heavy (non-hydrogen) atoms. The number of nitrogens with one attached hydrogen (secondary N) is 2. The van der Waals surface area contributed by atoms with Gasteiger partial charge in [0.1, 0.15) is 5.82 Å². The van der Waals surface area contributed by atoms with Crippen molar-refractivity contribution >= 4 is 23.3 Å². The first-order valence-electron chi connectivity index (χ1n) is 9.85. The van der Waals surface area contributed by atoms with E-state index in [4.69, 9.17) is 4.74 Å². The third-order valence-corrected chi connectivity index (χ3v) is 4.82. The number of piperazine rings is 1. The van der Waals surface area contributed by atoms with Crippen molar-refractivity contribution in [3.05, 3.63) is 59.9 Å². The lowest BCUT2D eigenvalue weighted by Gasteiger charge is -2.33. The molecule has 0 saturated carbocycles. The predicted octanol–water partition coefficient (Wildman–Crippen LogP) is 1.73. The van der Waals surface area contributed by atoms with Crippen LogP contribution in [0.25, 0.3) is 0 Å². The molecule has 0 bridgehead atoms. The number of nitrogens with zero attached hydrogens (tertiary/aromatic N) is 1. The average Bonchev–Trinajstić information content (AvgIpc) is 2.69. The number of carbonyl (C=O) groups excluding carboxylic acids is 2. The van der Waals surface area contributed by atoms with Crippen LogP contribution in [0.2, 0.25) is 0 Å². The van der Waals surface area contributed by atoms with Gasteiger partial charge in [-0.25, -0.2) is 9.18 Å². The Morgan fingerprint density at radius 1 is 1.07 bits per heavy atom. The molecule has 1 fully saturated rings. The van der Waals surface area contributed by atoms with E-state index in [-0.39, 0.29) is 23.8 Å². The molecule has 1 aliphatic heterocycles.